The zero-order chi connectivity index (χ0) is 13.9. The average Bonchev–Trinajstić information content (AvgIpc) is 2.84. The molecule has 0 bridgehead atoms. The van der Waals surface area contributed by atoms with Crippen LogP contribution in [0.4, 0.5) is 0 Å². The number of hydrogen-bond donors (Lipinski definition) is 1. The van der Waals surface area contributed by atoms with Crippen LogP contribution in [-0.2, 0) is 6.54 Å². The third kappa shape index (κ3) is 3.10. The minimum absolute atomic E-state index is 0.0770. The van der Waals surface area contributed by atoms with Gasteiger partial charge in [-0.1, -0.05) is 0 Å². The number of hydrogen-bond acceptors (Lipinski definition) is 6. The van der Waals surface area contributed by atoms with E-state index in [4.69, 9.17) is 0 Å². The molecule has 3 heterocycles. The van der Waals surface area contributed by atoms with Crippen LogP contribution < -0.4 is 5.56 Å². The van der Waals surface area contributed by atoms with Crippen molar-refractivity contribution in [3.8, 4) is 0 Å². The van der Waals surface area contributed by atoms with Gasteiger partial charge in [0.1, 0.15) is 10.0 Å². The maximum atomic E-state index is 11.4. The lowest BCUT2D eigenvalue weighted by Gasteiger charge is -2.31. The largest absolute Gasteiger partial charge is 0.313 e. The van der Waals surface area contributed by atoms with Crippen molar-refractivity contribution in [2.75, 3.05) is 13.1 Å². The summed E-state index contributed by atoms with van der Waals surface area (Å²) >= 11 is 1.65. The number of aryl methyl sites for hydroxylation is 1. The summed E-state index contributed by atoms with van der Waals surface area (Å²) in [6.07, 6.45) is 3.70. The van der Waals surface area contributed by atoms with Crippen molar-refractivity contribution in [3.05, 3.63) is 38.5 Å². The molecule has 106 valence electrons. The molecule has 0 amide bonds. The summed E-state index contributed by atoms with van der Waals surface area (Å²) < 4.78 is 0. The molecule has 7 heteroatoms. The number of nitrogens with zero attached hydrogens (tertiary/aromatic N) is 4. The van der Waals surface area contributed by atoms with Crippen LogP contribution >= 0.6 is 11.3 Å². The molecule has 0 spiro atoms. The molecule has 2 aromatic heterocycles. The van der Waals surface area contributed by atoms with Gasteiger partial charge in [-0.25, -0.2) is 4.98 Å². The van der Waals surface area contributed by atoms with Gasteiger partial charge in [-0.15, -0.1) is 21.5 Å². The number of piperidine rings is 1. The predicted molar refractivity (Wildman–Crippen MR) is 76.8 cm³/mol. The first kappa shape index (κ1) is 13.4. The molecular formula is C13H17N5OS. The van der Waals surface area contributed by atoms with E-state index in [1.165, 1.54) is 6.33 Å². The fraction of sp³-hybridized carbons (Fsp3) is 0.538. The lowest BCUT2D eigenvalue weighted by molar-refractivity contribution is 0.198. The Kier molecular flexibility index (Phi) is 3.88. The SMILES string of the molecule is Cc1nnc(CN2CCCC(c3cc(=O)[nH]cn3)C2)s1. The van der Waals surface area contributed by atoms with Crippen LogP contribution in [0.2, 0.25) is 0 Å². The van der Waals surface area contributed by atoms with Crippen molar-refractivity contribution < 1.29 is 0 Å². The normalized spacial score (nSPS) is 20.1. The highest BCUT2D eigenvalue weighted by molar-refractivity contribution is 7.11. The molecule has 1 N–H and O–H groups in total. The molecule has 1 saturated heterocycles. The fourth-order valence-electron chi connectivity index (χ4n) is 2.64. The second-order valence-electron chi connectivity index (χ2n) is 5.13. The average molecular weight is 291 g/mol. The summed E-state index contributed by atoms with van der Waals surface area (Å²) in [5.74, 6) is 0.333. The van der Waals surface area contributed by atoms with Crippen molar-refractivity contribution in [1.82, 2.24) is 25.1 Å². The van der Waals surface area contributed by atoms with Crippen LogP contribution in [0.1, 0.15) is 34.5 Å². The van der Waals surface area contributed by atoms with Crippen molar-refractivity contribution in [3.63, 3.8) is 0 Å². The highest BCUT2D eigenvalue weighted by atomic mass is 32.1. The summed E-state index contributed by atoms with van der Waals surface area (Å²) in [5, 5.41) is 10.3. The third-order valence-corrected chi connectivity index (χ3v) is 4.37. The molecule has 1 unspecified atom stereocenters. The minimum atomic E-state index is -0.0770. The van der Waals surface area contributed by atoms with Gasteiger partial charge in [0.15, 0.2) is 0 Å². The van der Waals surface area contributed by atoms with Crippen LogP contribution in [0.15, 0.2) is 17.2 Å². The Morgan fingerprint density at radius 1 is 1.50 bits per heavy atom. The Balaban J connectivity index is 1.68. The van der Waals surface area contributed by atoms with Gasteiger partial charge >= 0.3 is 0 Å². The topological polar surface area (TPSA) is 74.8 Å². The third-order valence-electron chi connectivity index (χ3n) is 3.55. The summed E-state index contributed by atoms with van der Waals surface area (Å²) in [7, 11) is 0. The molecule has 2 aromatic rings. The molecule has 1 atom stereocenters. The van der Waals surface area contributed by atoms with Gasteiger partial charge in [0.05, 0.1) is 18.6 Å². The molecule has 20 heavy (non-hydrogen) atoms. The maximum absolute atomic E-state index is 11.4. The van der Waals surface area contributed by atoms with Gasteiger partial charge in [-0.05, 0) is 26.3 Å². The molecule has 0 saturated carbocycles. The second kappa shape index (κ2) is 5.80. The Hall–Kier alpha value is -1.60. The molecule has 0 radical (unpaired) electrons. The molecule has 1 aliphatic heterocycles. The standard InChI is InChI=1S/C13H17N5OS/c1-9-16-17-13(20-9)7-18-4-2-3-10(6-18)11-5-12(19)15-8-14-11/h5,8,10H,2-4,6-7H2,1H3,(H,14,15,19). The van der Waals surface area contributed by atoms with Crippen LogP contribution in [-0.4, -0.2) is 38.2 Å². The second-order valence-corrected chi connectivity index (χ2v) is 6.39. The van der Waals surface area contributed by atoms with E-state index in [1.54, 1.807) is 17.4 Å². The first-order valence-corrected chi connectivity index (χ1v) is 7.58. The van der Waals surface area contributed by atoms with E-state index < -0.39 is 0 Å². The van der Waals surface area contributed by atoms with Gasteiger partial charge in [0.25, 0.3) is 5.56 Å². The van der Waals surface area contributed by atoms with Crippen molar-refractivity contribution in [2.24, 2.45) is 0 Å². The van der Waals surface area contributed by atoms with Crippen LogP contribution in [0.25, 0.3) is 0 Å². The number of nitrogens with one attached hydrogen (secondary N) is 1. The van der Waals surface area contributed by atoms with Crippen molar-refractivity contribution >= 4 is 11.3 Å². The number of aromatic amines is 1. The number of aromatic nitrogens is 4. The Bertz CT molecular complexity index is 637. The van der Waals surface area contributed by atoms with Crippen molar-refractivity contribution in [2.45, 2.75) is 32.2 Å². The Morgan fingerprint density at radius 3 is 3.15 bits per heavy atom. The number of likely N-dealkylation sites (tertiary alicyclic amines) is 1. The molecule has 1 aliphatic rings. The van der Waals surface area contributed by atoms with E-state index in [0.717, 1.165) is 48.2 Å². The highest BCUT2D eigenvalue weighted by Crippen LogP contribution is 2.26. The predicted octanol–water partition coefficient (Wildman–Crippen LogP) is 1.31. The van der Waals surface area contributed by atoms with Gasteiger partial charge in [-0.2, -0.15) is 0 Å². The van der Waals surface area contributed by atoms with E-state index in [2.05, 4.69) is 25.1 Å². The lowest BCUT2D eigenvalue weighted by Crippen LogP contribution is -2.34. The van der Waals surface area contributed by atoms with E-state index in [9.17, 15) is 4.79 Å². The van der Waals surface area contributed by atoms with Crippen LogP contribution in [0.3, 0.4) is 0 Å². The van der Waals surface area contributed by atoms with E-state index in [1.807, 2.05) is 6.92 Å². The first-order chi connectivity index (χ1) is 9.70. The molecule has 0 aliphatic carbocycles. The van der Waals surface area contributed by atoms with Gasteiger partial charge in [0, 0.05) is 18.5 Å². The minimum Gasteiger partial charge on any atom is -0.313 e. The summed E-state index contributed by atoms with van der Waals surface area (Å²) in [4.78, 5) is 20.6. The molecule has 0 aromatic carbocycles. The quantitative estimate of drug-likeness (QED) is 0.923. The van der Waals surface area contributed by atoms with Gasteiger partial charge in [-0.3, -0.25) is 9.69 Å². The molecule has 1 fully saturated rings. The Labute approximate surface area is 120 Å². The monoisotopic (exact) mass is 291 g/mol. The number of rotatable bonds is 3. The molecule has 6 nitrogen and oxygen atoms in total. The van der Waals surface area contributed by atoms with E-state index in [0.29, 0.717) is 5.92 Å². The highest BCUT2D eigenvalue weighted by Gasteiger charge is 2.23. The fourth-order valence-corrected chi connectivity index (χ4v) is 3.39. The van der Waals surface area contributed by atoms with Gasteiger partial charge < -0.3 is 4.98 Å². The molecule has 3 rings (SSSR count). The smallest absolute Gasteiger partial charge is 0.250 e. The number of H-pyrrole nitrogens is 1. The first-order valence-electron chi connectivity index (χ1n) is 6.76. The van der Waals surface area contributed by atoms with Gasteiger partial charge in [0.2, 0.25) is 0 Å². The van der Waals surface area contributed by atoms with Crippen molar-refractivity contribution in [1.29, 1.82) is 0 Å². The van der Waals surface area contributed by atoms with E-state index in [-0.39, 0.29) is 5.56 Å². The summed E-state index contributed by atoms with van der Waals surface area (Å²) in [5.41, 5.74) is 0.818. The molecular weight excluding hydrogens is 274 g/mol. The van der Waals surface area contributed by atoms with Crippen LogP contribution in [0, 0.1) is 6.92 Å². The maximum Gasteiger partial charge on any atom is 0.250 e. The lowest BCUT2D eigenvalue weighted by atomic mass is 9.94. The summed E-state index contributed by atoms with van der Waals surface area (Å²) in [6.45, 7) is 4.80. The zero-order valence-corrected chi connectivity index (χ0v) is 12.2. The van der Waals surface area contributed by atoms with E-state index >= 15 is 0 Å². The Morgan fingerprint density at radius 2 is 2.40 bits per heavy atom. The van der Waals surface area contributed by atoms with Crippen LogP contribution in [0.5, 0.6) is 0 Å². The zero-order valence-electron chi connectivity index (χ0n) is 11.4. The summed E-state index contributed by atoms with van der Waals surface area (Å²) in [6, 6.07) is 1.61.